The predicted molar refractivity (Wildman–Crippen MR) is 95.3 cm³/mol. The third-order valence-corrected chi connectivity index (χ3v) is 4.60. The van der Waals surface area contributed by atoms with Gasteiger partial charge in [-0.25, -0.2) is 0 Å². The minimum absolute atomic E-state index is 0.0583. The highest BCUT2D eigenvalue weighted by atomic mass is 16.2. The van der Waals surface area contributed by atoms with Gasteiger partial charge in [0, 0.05) is 20.0 Å². The van der Waals surface area contributed by atoms with E-state index >= 15 is 0 Å². The number of amides is 2. The molecule has 5 nitrogen and oxygen atoms in total. The van der Waals surface area contributed by atoms with Gasteiger partial charge in [0.05, 0.1) is 0 Å². The van der Waals surface area contributed by atoms with E-state index in [0.29, 0.717) is 6.54 Å². The van der Waals surface area contributed by atoms with Crippen LogP contribution >= 0.6 is 0 Å². The Morgan fingerprint density at radius 1 is 1.08 bits per heavy atom. The Labute approximate surface area is 144 Å². The maximum atomic E-state index is 12.8. The van der Waals surface area contributed by atoms with E-state index in [2.05, 4.69) is 21.6 Å². The summed E-state index contributed by atoms with van der Waals surface area (Å²) in [6.07, 6.45) is 4.52. The van der Waals surface area contributed by atoms with Crippen LogP contribution in [0.15, 0.2) is 24.3 Å². The molecule has 0 spiro atoms. The zero-order valence-corrected chi connectivity index (χ0v) is 15.0. The number of carbonyl (C=O) groups is 2. The van der Waals surface area contributed by atoms with Crippen LogP contribution in [0.5, 0.6) is 0 Å². The van der Waals surface area contributed by atoms with Crippen LogP contribution in [0, 0.1) is 0 Å². The number of benzene rings is 1. The Balaban J connectivity index is 2.07. The Bertz CT molecular complexity index is 578. The van der Waals surface area contributed by atoms with Gasteiger partial charge in [-0.1, -0.05) is 43.5 Å². The van der Waals surface area contributed by atoms with Gasteiger partial charge < -0.3 is 15.5 Å². The van der Waals surface area contributed by atoms with Gasteiger partial charge in [0.1, 0.15) is 5.54 Å². The molecule has 0 heterocycles. The smallest absolute Gasteiger partial charge is 0.246 e. The molecule has 1 aromatic rings. The first-order valence-electron chi connectivity index (χ1n) is 8.71. The maximum absolute atomic E-state index is 12.8. The molecule has 0 saturated heterocycles. The lowest BCUT2D eigenvalue weighted by molar-refractivity contribution is -0.134. The number of hydrogen-bond donors (Lipinski definition) is 2. The fraction of sp³-hybridized carbons (Fsp3) is 0.579. The Morgan fingerprint density at radius 3 is 2.29 bits per heavy atom. The molecule has 24 heavy (non-hydrogen) atoms. The minimum atomic E-state index is -0.736. The van der Waals surface area contributed by atoms with Gasteiger partial charge in [-0.15, -0.1) is 0 Å². The van der Waals surface area contributed by atoms with E-state index in [1.165, 1.54) is 12.5 Å². The lowest BCUT2D eigenvalue weighted by Crippen LogP contribution is -2.59. The topological polar surface area (TPSA) is 61.4 Å². The molecule has 1 aromatic carbocycles. The molecule has 0 unspecified atom stereocenters. The second-order valence-electron chi connectivity index (χ2n) is 7.01. The van der Waals surface area contributed by atoms with Crippen molar-refractivity contribution in [1.82, 2.24) is 15.5 Å². The van der Waals surface area contributed by atoms with Gasteiger partial charge in [0.25, 0.3) is 0 Å². The molecule has 132 valence electrons. The summed E-state index contributed by atoms with van der Waals surface area (Å²) < 4.78 is 0. The van der Waals surface area contributed by atoms with Crippen LogP contribution < -0.4 is 10.6 Å². The molecule has 1 aliphatic rings. The average molecular weight is 331 g/mol. The van der Waals surface area contributed by atoms with Crippen molar-refractivity contribution in [3.63, 3.8) is 0 Å². The van der Waals surface area contributed by atoms with E-state index in [4.69, 9.17) is 0 Å². The Morgan fingerprint density at radius 2 is 1.71 bits per heavy atom. The first-order valence-corrected chi connectivity index (χ1v) is 8.71. The van der Waals surface area contributed by atoms with Gasteiger partial charge >= 0.3 is 0 Å². The molecule has 0 atom stereocenters. The van der Waals surface area contributed by atoms with Crippen molar-refractivity contribution in [2.75, 3.05) is 14.1 Å². The highest BCUT2D eigenvalue weighted by Gasteiger charge is 2.39. The molecular formula is C19H29N3O2. The third-order valence-electron chi connectivity index (χ3n) is 4.60. The lowest BCUT2D eigenvalue weighted by atomic mass is 9.80. The first kappa shape index (κ1) is 18.5. The van der Waals surface area contributed by atoms with Crippen molar-refractivity contribution in [3.8, 4) is 0 Å². The maximum Gasteiger partial charge on any atom is 0.246 e. The predicted octanol–water partition coefficient (Wildman–Crippen LogP) is 2.20. The van der Waals surface area contributed by atoms with E-state index in [1.807, 2.05) is 32.3 Å². The van der Waals surface area contributed by atoms with E-state index in [1.54, 1.807) is 0 Å². The number of carbonyl (C=O) groups excluding carboxylic acids is 2. The van der Waals surface area contributed by atoms with Crippen molar-refractivity contribution < 1.29 is 9.59 Å². The van der Waals surface area contributed by atoms with Crippen LogP contribution in [0.4, 0.5) is 0 Å². The van der Waals surface area contributed by atoms with Gasteiger partial charge in [-0.05, 0) is 38.1 Å². The molecule has 2 N–H and O–H groups in total. The van der Waals surface area contributed by atoms with Crippen LogP contribution in [-0.4, -0.2) is 36.3 Å². The number of hydrogen-bond acceptors (Lipinski definition) is 3. The molecule has 1 saturated carbocycles. The van der Waals surface area contributed by atoms with Crippen molar-refractivity contribution in [3.05, 3.63) is 35.4 Å². The first-order chi connectivity index (χ1) is 11.4. The van der Waals surface area contributed by atoms with Crippen LogP contribution in [0.1, 0.15) is 50.2 Å². The second kappa shape index (κ2) is 8.29. The zero-order valence-electron chi connectivity index (χ0n) is 15.0. The molecule has 2 rings (SSSR count). The Kier molecular flexibility index (Phi) is 6.37. The van der Waals surface area contributed by atoms with Crippen LogP contribution in [0.3, 0.4) is 0 Å². The van der Waals surface area contributed by atoms with Crippen LogP contribution in [0.25, 0.3) is 0 Å². The van der Waals surface area contributed by atoms with Crippen molar-refractivity contribution in [2.24, 2.45) is 0 Å². The lowest BCUT2D eigenvalue weighted by Gasteiger charge is -2.36. The van der Waals surface area contributed by atoms with Crippen LogP contribution in [0.2, 0.25) is 0 Å². The summed E-state index contributed by atoms with van der Waals surface area (Å²) in [4.78, 5) is 26.5. The summed E-state index contributed by atoms with van der Waals surface area (Å²) in [6, 6.07) is 8.14. The minimum Gasteiger partial charge on any atom is -0.350 e. The van der Waals surface area contributed by atoms with E-state index in [-0.39, 0.29) is 11.8 Å². The molecule has 1 aliphatic carbocycles. The molecule has 1 fully saturated rings. The normalized spacial score (nSPS) is 16.7. The molecule has 0 radical (unpaired) electrons. The fourth-order valence-corrected chi connectivity index (χ4v) is 3.47. The average Bonchev–Trinajstić information content (AvgIpc) is 2.53. The van der Waals surface area contributed by atoms with Crippen molar-refractivity contribution in [1.29, 1.82) is 0 Å². The third kappa shape index (κ3) is 4.81. The summed E-state index contributed by atoms with van der Waals surface area (Å²) in [7, 11) is 4.06. The van der Waals surface area contributed by atoms with Gasteiger partial charge in [0.2, 0.25) is 11.8 Å². The summed E-state index contributed by atoms with van der Waals surface area (Å²) in [6.45, 7) is 2.81. The monoisotopic (exact) mass is 331 g/mol. The second-order valence-corrected chi connectivity index (χ2v) is 7.01. The standard InChI is InChI=1S/C19H29N3O2/c1-15(23)21-19(11-7-4-8-12-19)18(24)20-13-16-9-5-6-10-17(16)14-22(2)3/h5-6,9-10H,4,7-8,11-14H2,1-3H3,(H,20,24)(H,21,23). The van der Waals surface area contributed by atoms with E-state index < -0.39 is 5.54 Å². The molecule has 0 aromatic heterocycles. The van der Waals surface area contributed by atoms with Crippen molar-refractivity contribution in [2.45, 2.75) is 57.7 Å². The number of rotatable bonds is 6. The molecule has 0 bridgehead atoms. The molecule has 5 heteroatoms. The highest BCUT2D eigenvalue weighted by molar-refractivity contribution is 5.91. The summed E-state index contributed by atoms with van der Waals surface area (Å²) >= 11 is 0. The van der Waals surface area contributed by atoms with Gasteiger partial charge in [-0.2, -0.15) is 0 Å². The number of nitrogens with zero attached hydrogens (tertiary/aromatic N) is 1. The highest BCUT2D eigenvalue weighted by Crippen LogP contribution is 2.28. The molecule has 0 aliphatic heterocycles. The van der Waals surface area contributed by atoms with E-state index in [0.717, 1.165) is 44.2 Å². The Hall–Kier alpha value is -1.88. The zero-order chi connectivity index (χ0) is 17.6. The molecule has 2 amide bonds. The van der Waals surface area contributed by atoms with Gasteiger partial charge in [-0.3, -0.25) is 9.59 Å². The van der Waals surface area contributed by atoms with Gasteiger partial charge in [0.15, 0.2) is 0 Å². The fourth-order valence-electron chi connectivity index (χ4n) is 3.47. The summed E-state index contributed by atoms with van der Waals surface area (Å²) in [5.41, 5.74) is 1.59. The summed E-state index contributed by atoms with van der Waals surface area (Å²) in [5.74, 6) is -0.197. The van der Waals surface area contributed by atoms with Crippen LogP contribution in [-0.2, 0) is 22.7 Å². The van der Waals surface area contributed by atoms with E-state index in [9.17, 15) is 9.59 Å². The largest absolute Gasteiger partial charge is 0.350 e. The van der Waals surface area contributed by atoms with Crippen molar-refractivity contribution >= 4 is 11.8 Å². The molecular weight excluding hydrogens is 302 g/mol. The number of nitrogens with one attached hydrogen (secondary N) is 2. The SMILES string of the molecule is CC(=O)NC1(C(=O)NCc2ccccc2CN(C)C)CCCCC1. The summed E-state index contributed by atoms with van der Waals surface area (Å²) in [5, 5.41) is 5.98. The quantitative estimate of drug-likeness (QED) is 0.840.